The third-order valence-electron chi connectivity index (χ3n) is 2.55. The van der Waals surface area contributed by atoms with E-state index in [1.54, 1.807) is 11.8 Å². The number of thioether (sulfide) groups is 1. The van der Waals surface area contributed by atoms with Gasteiger partial charge < -0.3 is 4.74 Å². The summed E-state index contributed by atoms with van der Waals surface area (Å²) in [4.78, 5) is 12.9. The molecule has 0 bridgehead atoms. The highest BCUT2D eigenvalue weighted by Gasteiger charge is 2.35. The van der Waals surface area contributed by atoms with E-state index in [0.29, 0.717) is 12.5 Å². The molecule has 0 N–H and O–H groups in total. The molecule has 1 aliphatic heterocycles. The molecule has 0 amide bonds. The summed E-state index contributed by atoms with van der Waals surface area (Å²) in [5.74, 6) is 0.521. The number of ether oxygens (including phenoxy) is 1. The monoisotopic (exact) mass is 210 g/mol. The van der Waals surface area contributed by atoms with Crippen LogP contribution in [0.4, 0.5) is 0 Å². The Bertz CT molecular complexity index is 294. The minimum Gasteiger partial charge on any atom is -0.465 e. The molecule has 0 aromatic carbocycles. The van der Waals surface area contributed by atoms with Gasteiger partial charge in [0.25, 0.3) is 0 Å². The van der Waals surface area contributed by atoms with Crippen molar-refractivity contribution in [2.75, 3.05) is 6.61 Å². The van der Waals surface area contributed by atoms with Gasteiger partial charge in [-0.1, -0.05) is 18.2 Å². The Kier molecular flexibility index (Phi) is 2.96. The number of rotatable bonds is 2. The molecule has 1 saturated heterocycles. The number of allylic oxidation sites excluding steroid dienone is 4. The van der Waals surface area contributed by atoms with Crippen LogP contribution in [0.1, 0.15) is 19.8 Å². The lowest BCUT2D eigenvalue weighted by molar-refractivity contribution is -0.142. The summed E-state index contributed by atoms with van der Waals surface area (Å²) >= 11 is 1.68. The predicted octanol–water partition coefficient (Wildman–Crippen LogP) is 2.52. The molecule has 1 heterocycles. The molecule has 1 fully saturated rings. The van der Waals surface area contributed by atoms with Gasteiger partial charge in [-0.15, -0.1) is 11.8 Å². The Morgan fingerprint density at radius 1 is 1.71 bits per heavy atom. The van der Waals surface area contributed by atoms with Crippen molar-refractivity contribution in [3.8, 4) is 0 Å². The lowest BCUT2D eigenvalue weighted by Gasteiger charge is -2.09. The van der Waals surface area contributed by atoms with E-state index in [1.807, 2.05) is 6.92 Å². The van der Waals surface area contributed by atoms with Crippen LogP contribution in [-0.4, -0.2) is 17.8 Å². The van der Waals surface area contributed by atoms with E-state index in [2.05, 4.69) is 18.2 Å². The molecular weight excluding hydrogens is 196 g/mol. The van der Waals surface area contributed by atoms with E-state index >= 15 is 0 Å². The van der Waals surface area contributed by atoms with Gasteiger partial charge in [0.05, 0.1) is 6.61 Å². The first-order chi connectivity index (χ1) is 6.81. The summed E-state index contributed by atoms with van der Waals surface area (Å²) < 4.78 is 5.02. The number of fused-ring (bicyclic) bond motifs is 1. The Labute approximate surface area is 88.4 Å². The molecule has 1 aliphatic carbocycles. The van der Waals surface area contributed by atoms with Gasteiger partial charge in [0, 0.05) is 0 Å². The first-order valence-electron chi connectivity index (χ1n) is 5.01. The molecule has 2 atom stereocenters. The topological polar surface area (TPSA) is 26.3 Å². The van der Waals surface area contributed by atoms with E-state index in [1.165, 1.54) is 4.91 Å². The highest BCUT2D eigenvalue weighted by Crippen LogP contribution is 2.45. The second kappa shape index (κ2) is 4.22. The van der Waals surface area contributed by atoms with Crippen molar-refractivity contribution in [2.45, 2.75) is 25.0 Å². The molecule has 14 heavy (non-hydrogen) atoms. The predicted molar refractivity (Wildman–Crippen MR) is 58.0 cm³/mol. The molecule has 3 heteroatoms. The Balaban J connectivity index is 1.98. The van der Waals surface area contributed by atoms with Crippen LogP contribution >= 0.6 is 11.8 Å². The molecule has 2 unspecified atom stereocenters. The highest BCUT2D eigenvalue weighted by atomic mass is 32.2. The van der Waals surface area contributed by atoms with Gasteiger partial charge >= 0.3 is 5.97 Å². The summed E-state index contributed by atoms with van der Waals surface area (Å²) in [6, 6.07) is 0. The Morgan fingerprint density at radius 2 is 2.57 bits per heavy atom. The van der Waals surface area contributed by atoms with Crippen molar-refractivity contribution in [1.82, 2.24) is 0 Å². The molecule has 0 radical (unpaired) electrons. The van der Waals surface area contributed by atoms with E-state index < -0.39 is 0 Å². The van der Waals surface area contributed by atoms with Gasteiger partial charge in [0.2, 0.25) is 0 Å². The van der Waals surface area contributed by atoms with Crippen LogP contribution < -0.4 is 0 Å². The zero-order chi connectivity index (χ0) is 9.97. The first kappa shape index (κ1) is 9.84. The van der Waals surface area contributed by atoms with Crippen molar-refractivity contribution >= 4 is 17.7 Å². The van der Waals surface area contributed by atoms with Gasteiger partial charge in [-0.3, -0.25) is 4.79 Å². The maximum atomic E-state index is 11.5. The standard InChI is InChI=1S/C11H14O2S/c1-2-13-11(12)10-7-8-5-3-4-6-9(8)14-10/h3-4,6,8,10H,2,5,7H2,1H3. The second-order valence-corrected chi connectivity index (χ2v) is 4.80. The molecule has 0 spiro atoms. The molecule has 0 aromatic heterocycles. The van der Waals surface area contributed by atoms with Crippen molar-refractivity contribution < 1.29 is 9.53 Å². The van der Waals surface area contributed by atoms with Gasteiger partial charge in [0.1, 0.15) is 5.25 Å². The van der Waals surface area contributed by atoms with Gasteiger partial charge in [-0.05, 0) is 30.6 Å². The zero-order valence-electron chi connectivity index (χ0n) is 8.23. The maximum Gasteiger partial charge on any atom is 0.319 e. The van der Waals surface area contributed by atoms with Crippen LogP contribution in [0.2, 0.25) is 0 Å². The molecule has 2 nitrogen and oxygen atoms in total. The van der Waals surface area contributed by atoms with E-state index in [4.69, 9.17) is 4.74 Å². The van der Waals surface area contributed by atoms with Crippen LogP contribution in [0.25, 0.3) is 0 Å². The highest BCUT2D eigenvalue weighted by molar-refractivity contribution is 8.04. The van der Waals surface area contributed by atoms with Gasteiger partial charge in [-0.2, -0.15) is 0 Å². The second-order valence-electron chi connectivity index (χ2n) is 3.52. The minimum atomic E-state index is -0.0483. The summed E-state index contributed by atoms with van der Waals surface area (Å²) in [5, 5.41) is 0.0334. The molecule has 76 valence electrons. The lowest BCUT2D eigenvalue weighted by atomic mass is 9.96. The molecule has 2 aliphatic rings. The van der Waals surface area contributed by atoms with E-state index in [-0.39, 0.29) is 11.2 Å². The van der Waals surface area contributed by atoms with Crippen LogP contribution in [0.3, 0.4) is 0 Å². The summed E-state index contributed by atoms with van der Waals surface area (Å²) in [7, 11) is 0. The number of hydrogen-bond acceptors (Lipinski definition) is 3. The van der Waals surface area contributed by atoms with E-state index in [9.17, 15) is 4.79 Å². The number of carbonyl (C=O) groups is 1. The van der Waals surface area contributed by atoms with Crippen LogP contribution in [0.15, 0.2) is 23.1 Å². The molecular formula is C11H14O2S. The van der Waals surface area contributed by atoms with Crippen molar-refractivity contribution in [2.24, 2.45) is 5.92 Å². The lowest BCUT2D eigenvalue weighted by Crippen LogP contribution is -2.18. The normalized spacial score (nSPS) is 29.6. The summed E-state index contributed by atoms with van der Waals surface area (Å²) in [6.07, 6.45) is 8.39. The van der Waals surface area contributed by atoms with Gasteiger partial charge in [0.15, 0.2) is 0 Å². The molecule has 0 aromatic rings. The average molecular weight is 210 g/mol. The number of carbonyl (C=O) groups excluding carboxylic acids is 1. The first-order valence-corrected chi connectivity index (χ1v) is 5.89. The van der Waals surface area contributed by atoms with Crippen LogP contribution in [-0.2, 0) is 9.53 Å². The third-order valence-corrected chi connectivity index (χ3v) is 3.96. The van der Waals surface area contributed by atoms with Gasteiger partial charge in [-0.25, -0.2) is 0 Å². The van der Waals surface area contributed by atoms with Crippen molar-refractivity contribution in [3.63, 3.8) is 0 Å². The fraction of sp³-hybridized carbons (Fsp3) is 0.545. The minimum absolute atomic E-state index is 0.0334. The summed E-state index contributed by atoms with van der Waals surface area (Å²) in [6.45, 7) is 2.34. The van der Waals surface area contributed by atoms with Crippen LogP contribution in [0, 0.1) is 5.92 Å². The van der Waals surface area contributed by atoms with Crippen molar-refractivity contribution in [3.05, 3.63) is 23.1 Å². The number of esters is 1. The Morgan fingerprint density at radius 3 is 3.29 bits per heavy atom. The fourth-order valence-corrected chi connectivity index (χ4v) is 3.22. The Hall–Kier alpha value is -0.700. The quantitative estimate of drug-likeness (QED) is 0.655. The van der Waals surface area contributed by atoms with E-state index in [0.717, 1.165) is 12.8 Å². The number of hydrogen-bond donors (Lipinski definition) is 0. The maximum absolute atomic E-state index is 11.5. The smallest absolute Gasteiger partial charge is 0.319 e. The zero-order valence-corrected chi connectivity index (χ0v) is 9.05. The fourth-order valence-electron chi connectivity index (χ4n) is 1.86. The van der Waals surface area contributed by atoms with Crippen LogP contribution in [0.5, 0.6) is 0 Å². The molecule has 2 rings (SSSR count). The average Bonchev–Trinajstić information content (AvgIpc) is 2.61. The molecule has 0 saturated carbocycles. The summed E-state index contributed by atoms with van der Waals surface area (Å²) in [5.41, 5.74) is 0. The third kappa shape index (κ3) is 1.87. The SMILES string of the molecule is CCOC(=O)C1CC2CC=CC=C2S1. The largest absolute Gasteiger partial charge is 0.465 e. The van der Waals surface area contributed by atoms with Crippen molar-refractivity contribution in [1.29, 1.82) is 0 Å².